The maximum absolute atomic E-state index is 13.2. The topological polar surface area (TPSA) is 21.3 Å². The summed E-state index contributed by atoms with van der Waals surface area (Å²) in [4.78, 5) is 0. The molecule has 0 fully saturated rings. The molecule has 2 nitrogen and oxygen atoms in total. The largest absolute Gasteiger partial charge is 0.377 e. The van der Waals surface area contributed by atoms with E-state index in [4.69, 9.17) is 4.74 Å². The van der Waals surface area contributed by atoms with Gasteiger partial charge in [-0.2, -0.15) is 0 Å². The predicted molar refractivity (Wildman–Crippen MR) is 90.2 cm³/mol. The second-order valence-corrected chi connectivity index (χ2v) is 6.14. The summed E-state index contributed by atoms with van der Waals surface area (Å²) in [6.07, 6.45) is 4.26. The molecule has 0 aliphatic rings. The molecule has 21 heavy (non-hydrogen) atoms. The Balaban J connectivity index is 2.84. The van der Waals surface area contributed by atoms with Gasteiger partial charge in [0.1, 0.15) is 5.82 Å². The van der Waals surface area contributed by atoms with Gasteiger partial charge < -0.3 is 10.1 Å². The van der Waals surface area contributed by atoms with E-state index in [1.807, 2.05) is 13.0 Å². The fourth-order valence-electron chi connectivity index (χ4n) is 2.49. The Kier molecular flexibility index (Phi) is 9.13. The first kappa shape index (κ1) is 18.6. The molecule has 1 aromatic carbocycles. The van der Waals surface area contributed by atoms with E-state index in [1.54, 1.807) is 0 Å². The van der Waals surface area contributed by atoms with Crippen molar-refractivity contribution in [3.63, 3.8) is 0 Å². The normalized spacial score (nSPS) is 14.1. The minimum Gasteiger partial charge on any atom is -0.377 e. The number of hydrogen-bond acceptors (Lipinski definition) is 2. The van der Waals surface area contributed by atoms with Gasteiger partial charge in [-0.05, 0) is 50.4 Å². The minimum absolute atomic E-state index is 0.198. The summed E-state index contributed by atoms with van der Waals surface area (Å²) in [6, 6.07) is 5.16. The van der Waals surface area contributed by atoms with Crippen molar-refractivity contribution in [3.8, 4) is 0 Å². The van der Waals surface area contributed by atoms with Gasteiger partial charge in [-0.15, -0.1) is 0 Å². The van der Waals surface area contributed by atoms with E-state index in [-0.39, 0.29) is 18.0 Å². The molecule has 0 saturated heterocycles. The van der Waals surface area contributed by atoms with Crippen LogP contribution in [0.2, 0.25) is 0 Å². The number of rotatable bonds is 10. The first-order valence-electron chi connectivity index (χ1n) is 7.91. The third kappa shape index (κ3) is 6.45. The Bertz CT molecular complexity index is 408. The van der Waals surface area contributed by atoms with E-state index < -0.39 is 0 Å². The van der Waals surface area contributed by atoms with Crippen molar-refractivity contribution < 1.29 is 9.13 Å². The van der Waals surface area contributed by atoms with Crippen molar-refractivity contribution in [1.82, 2.24) is 5.32 Å². The molecule has 2 unspecified atom stereocenters. The van der Waals surface area contributed by atoms with Crippen molar-refractivity contribution in [1.29, 1.82) is 0 Å². The molecule has 0 bridgehead atoms. The lowest BCUT2D eigenvalue weighted by Gasteiger charge is -2.28. The van der Waals surface area contributed by atoms with Gasteiger partial charge in [-0.3, -0.25) is 0 Å². The Morgan fingerprint density at radius 1 is 1.24 bits per heavy atom. The highest BCUT2D eigenvalue weighted by molar-refractivity contribution is 9.10. The molecular weight excluding hydrogens is 333 g/mol. The van der Waals surface area contributed by atoms with Crippen molar-refractivity contribution in [2.24, 2.45) is 0 Å². The zero-order chi connectivity index (χ0) is 15.7. The second kappa shape index (κ2) is 10.3. The van der Waals surface area contributed by atoms with Crippen LogP contribution in [0.1, 0.15) is 45.6 Å². The summed E-state index contributed by atoms with van der Waals surface area (Å²) in [6.45, 7) is 8.06. The standard InChI is InChI=1S/C17H27BrFNO/c1-4-7-17(21-6-3)16(20-10-5-2)11-13-8-9-14(19)12-15(13)18/h8-9,12,16-17,20H,4-7,10-11H2,1-3H3. The molecule has 120 valence electrons. The van der Waals surface area contributed by atoms with E-state index in [2.05, 4.69) is 35.1 Å². The molecule has 1 rings (SSSR count). The van der Waals surface area contributed by atoms with Crippen molar-refractivity contribution >= 4 is 15.9 Å². The van der Waals surface area contributed by atoms with E-state index in [0.29, 0.717) is 0 Å². The van der Waals surface area contributed by atoms with Gasteiger partial charge in [-0.25, -0.2) is 4.39 Å². The molecule has 4 heteroatoms. The Morgan fingerprint density at radius 2 is 2.00 bits per heavy atom. The fourth-order valence-corrected chi connectivity index (χ4v) is 3.00. The van der Waals surface area contributed by atoms with Crippen LogP contribution in [0.4, 0.5) is 4.39 Å². The first-order chi connectivity index (χ1) is 10.1. The molecule has 0 aromatic heterocycles. The lowest BCUT2D eigenvalue weighted by molar-refractivity contribution is 0.0281. The lowest BCUT2D eigenvalue weighted by atomic mass is 9.98. The van der Waals surface area contributed by atoms with Crippen LogP contribution in [0.15, 0.2) is 22.7 Å². The number of nitrogens with one attached hydrogen (secondary N) is 1. The summed E-state index contributed by atoms with van der Waals surface area (Å²) in [5, 5.41) is 3.59. The number of ether oxygens (including phenoxy) is 1. The highest BCUT2D eigenvalue weighted by Gasteiger charge is 2.22. The molecule has 1 aromatic rings. The average Bonchev–Trinajstić information content (AvgIpc) is 2.45. The van der Waals surface area contributed by atoms with E-state index in [0.717, 1.165) is 48.9 Å². The van der Waals surface area contributed by atoms with Crippen LogP contribution >= 0.6 is 15.9 Å². The highest BCUT2D eigenvalue weighted by atomic mass is 79.9. The van der Waals surface area contributed by atoms with Gasteiger partial charge in [0.05, 0.1) is 6.10 Å². The summed E-state index contributed by atoms with van der Waals surface area (Å²) >= 11 is 3.46. The van der Waals surface area contributed by atoms with Gasteiger partial charge in [0.25, 0.3) is 0 Å². The quantitative estimate of drug-likeness (QED) is 0.653. The SMILES string of the molecule is CCCNC(Cc1ccc(F)cc1Br)C(CCC)OCC. The summed E-state index contributed by atoms with van der Waals surface area (Å²) in [7, 11) is 0. The first-order valence-corrected chi connectivity index (χ1v) is 8.70. The molecule has 0 aliphatic carbocycles. The summed E-state index contributed by atoms with van der Waals surface area (Å²) in [5.74, 6) is -0.210. The lowest BCUT2D eigenvalue weighted by Crippen LogP contribution is -2.43. The zero-order valence-electron chi connectivity index (χ0n) is 13.3. The van der Waals surface area contributed by atoms with Crippen molar-refractivity contribution in [2.75, 3.05) is 13.2 Å². The third-order valence-corrected chi connectivity index (χ3v) is 4.25. The van der Waals surface area contributed by atoms with Gasteiger partial charge in [0.2, 0.25) is 0 Å². The van der Waals surface area contributed by atoms with Gasteiger partial charge in [-0.1, -0.05) is 42.3 Å². The molecule has 0 amide bonds. The van der Waals surface area contributed by atoms with Crippen molar-refractivity contribution in [2.45, 2.75) is 58.6 Å². The Hall–Kier alpha value is -0.450. The predicted octanol–water partition coefficient (Wildman–Crippen LogP) is 4.70. The maximum atomic E-state index is 13.2. The summed E-state index contributed by atoms with van der Waals surface area (Å²) < 4.78 is 20.0. The van der Waals surface area contributed by atoms with Crippen LogP contribution in [0, 0.1) is 5.82 Å². The van der Waals surface area contributed by atoms with Crippen LogP contribution < -0.4 is 5.32 Å². The van der Waals surface area contributed by atoms with Crippen LogP contribution in [0.5, 0.6) is 0 Å². The van der Waals surface area contributed by atoms with Gasteiger partial charge in [0, 0.05) is 17.1 Å². The smallest absolute Gasteiger partial charge is 0.124 e. The average molecular weight is 360 g/mol. The monoisotopic (exact) mass is 359 g/mol. The van der Waals surface area contributed by atoms with Crippen LogP contribution in [0.3, 0.4) is 0 Å². The molecular formula is C17H27BrFNO. The molecule has 0 spiro atoms. The second-order valence-electron chi connectivity index (χ2n) is 5.28. The van der Waals surface area contributed by atoms with Crippen LogP contribution in [0.25, 0.3) is 0 Å². The Morgan fingerprint density at radius 3 is 2.57 bits per heavy atom. The fraction of sp³-hybridized carbons (Fsp3) is 0.647. The highest BCUT2D eigenvalue weighted by Crippen LogP contribution is 2.22. The third-order valence-electron chi connectivity index (χ3n) is 3.51. The Labute approximate surface area is 136 Å². The van der Waals surface area contributed by atoms with Gasteiger partial charge >= 0.3 is 0 Å². The molecule has 0 radical (unpaired) electrons. The number of benzene rings is 1. The molecule has 0 heterocycles. The molecule has 0 aliphatic heterocycles. The molecule has 0 saturated carbocycles. The van der Waals surface area contributed by atoms with Crippen LogP contribution in [-0.4, -0.2) is 25.3 Å². The van der Waals surface area contributed by atoms with E-state index in [9.17, 15) is 4.39 Å². The minimum atomic E-state index is -0.210. The number of hydrogen-bond donors (Lipinski definition) is 1. The van der Waals surface area contributed by atoms with E-state index in [1.165, 1.54) is 12.1 Å². The zero-order valence-corrected chi connectivity index (χ0v) is 14.9. The van der Waals surface area contributed by atoms with Crippen LogP contribution in [-0.2, 0) is 11.2 Å². The molecule has 2 atom stereocenters. The maximum Gasteiger partial charge on any atom is 0.124 e. The van der Waals surface area contributed by atoms with E-state index >= 15 is 0 Å². The number of halogens is 2. The van der Waals surface area contributed by atoms with Crippen molar-refractivity contribution in [3.05, 3.63) is 34.1 Å². The van der Waals surface area contributed by atoms with Gasteiger partial charge in [0.15, 0.2) is 0 Å². The summed E-state index contributed by atoms with van der Waals surface area (Å²) in [5.41, 5.74) is 1.12. The molecule has 1 N–H and O–H groups in total.